The molecule has 1 saturated carbocycles. The fourth-order valence-electron chi connectivity index (χ4n) is 4.59. The van der Waals surface area contributed by atoms with Crippen molar-refractivity contribution in [1.82, 2.24) is 4.90 Å². The van der Waals surface area contributed by atoms with Crippen molar-refractivity contribution < 1.29 is 9.13 Å². The van der Waals surface area contributed by atoms with Crippen LogP contribution in [0.25, 0.3) is 0 Å². The van der Waals surface area contributed by atoms with E-state index in [0.29, 0.717) is 17.7 Å². The van der Waals surface area contributed by atoms with E-state index in [4.69, 9.17) is 10.5 Å². The number of likely N-dealkylation sites (tertiary alicyclic amines) is 1. The molecule has 0 unspecified atom stereocenters. The van der Waals surface area contributed by atoms with Crippen molar-refractivity contribution in [3.8, 4) is 0 Å². The van der Waals surface area contributed by atoms with Gasteiger partial charge >= 0.3 is 0 Å². The van der Waals surface area contributed by atoms with Crippen molar-refractivity contribution in [1.29, 1.82) is 0 Å². The Hall–Kier alpha value is -1.33. The zero-order valence-corrected chi connectivity index (χ0v) is 16.5. The molecule has 0 aromatic heterocycles. The lowest BCUT2D eigenvalue weighted by atomic mass is 9.79. The van der Waals surface area contributed by atoms with Gasteiger partial charge in [0.1, 0.15) is 5.82 Å². The summed E-state index contributed by atoms with van der Waals surface area (Å²) in [5.41, 5.74) is 8.08. The van der Waals surface area contributed by atoms with Gasteiger partial charge < -0.3 is 15.8 Å². The van der Waals surface area contributed by atoms with Gasteiger partial charge in [-0.1, -0.05) is 0 Å². The second-order valence-corrected chi connectivity index (χ2v) is 8.27. The first-order valence-corrected chi connectivity index (χ1v) is 10.1. The van der Waals surface area contributed by atoms with Gasteiger partial charge in [0.05, 0.1) is 17.5 Å². The minimum absolute atomic E-state index is 0.235. The molecule has 0 radical (unpaired) electrons. The Balaban J connectivity index is 1.53. The number of nitrogens with zero attached hydrogens (tertiary/aromatic N) is 1. The number of halogens is 1. The van der Waals surface area contributed by atoms with Crippen LogP contribution in [-0.2, 0) is 4.74 Å². The van der Waals surface area contributed by atoms with Crippen LogP contribution in [0, 0.1) is 12.7 Å². The van der Waals surface area contributed by atoms with Gasteiger partial charge in [0.2, 0.25) is 0 Å². The van der Waals surface area contributed by atoms with E-state index in [0.717, 1.165) is 43.8 Å². The molecule has 1 heterocycles. The van der Waals surface area contributed by atoms with E-state index < -0.39 is 0 Å². The smallest absolute Gasteiger partial charge is 0.148 e. The van der Waals surface area contributed by atoms with E-state index in [1.165, 1.54) is 31.7 Å². The van der Waals surface area contributed by atoms with Crippen molar-refractivity contribution >= 4 is 11.4 Å². The van der Waals surface area contributed by atoms with Crippen LogP contribution in [0.1, 0.15) is 57.9 Å². The molecule has 1 aliphatic carbocycles. The summed E-state index contributed by atoms with van der Waals surface area (Å²) in [6, 6.07) is 3.79. The first-order valence-electron chi connectivity index (χ1n) is 10.1. The summed E-state index contributed by atoms with van der Waals surface area (Å²) in [5.74, 6) is -0.330. The van der Waals surface area contributed by atoms with Gasteiger partial charge in [0.15, 0.2) is 0 Å². The number of benzene rings is 1. The Kier molecular flexibility index (Phi) is 6.08. The van der Waals surface area contributed by atoms with Gasteiger partial charge in [-0.15, -0.1) is 0 Å². The Bertz CT molecular complexity index is 606. The zero-order chi connectivity index (χ0) is 18.7. The third-order valence-corrected chi connectivity index (χ3v) is 6.30. The normalized spacial score (nSPS) is 28.2. The number of piperidine rings is 1. The molecule has 1 aromatic carbocycles. The van der Waals surface area contributed by atoms with E-state index in [9.17, 15) is 4.39 Å². The van der Waals surface area contributed by atoms with Crippen LogP contribution in [0.5, 0.6) is 0 Å². The molecule has 2 fully saturated rings. The van der Waals surface area contributed by atoms with Crippen LogP contribution in [-0.4, -0.2) is 42.3 Å². The van der Waals surface area contributed by atoms with Crippen LogP contribution in [0.15, 0.2) is 12.1 Å². The number of hydrogen-bond acceptors (Lipinski definition) is 4. The minimum Gasteiger partial charge on any atom is -0.395 e. The Morgan fingerprint density at radius 3 is 2.50 bits per heavy atom. The summed E-state index contributed by atoms with van der Waals surface area (Å²) in [6.07, 6.45) is 7.35. The van der Waals surface area contributed by atoms with E-state index in [2.05, 4.69) is 24.1 Å². The lowest BCUT2D eigenvalue weighted by Crippen LogP contribution is -2.53. The maximum atomic E-state index is 13.9. The fraction of sp³-hybridized carbons (Fsp3) is 0.714. The van der Waals surface area contributed by atoms with Gasteiger partial charge in [0.25, 0.3) is 0 Å². The second-order valence-electron chi connectivity index (χ2n) is 8.27. The van der Waals surface area contributed by atoms with Crippen molar-refractivity contribution in [2.75, 3.05) is 30.7 Å². The third kappa shape index (κ3) is 4.32. The van der Waals surface area contributed by atoms with Crippen molar-refractivity contribution in [2.45, 2.75) is 77.0 Å². The second kappa shape index (κ2) is 8.13. The summed E-state index contributed by atoms with van der Waals surface area (Å²) < 4.78 is 19.7. The number of ether oxygens (including phenoxy) is 1. The predicted octanol–water partition coefficient (Wildman–Crippen LogP) is 4.33. The van der Waals surface area contributed by atoms with Crippen LogP contribution in [0.3, 0.4) is 0 Å². The number of hydrogen-bond donors (Lipinski definition) is 2. The maximum absolute atomic E-state index is 13.9. The summed E-state index contributed by atoms with van der Waals surface area (Å²) >= 11 is 0. The largest absolute Gasteiger partial charge is 0.395 e. The van der Waals surface area contributed by atoms with Gasteiger partial charge in [-0.3, -0.25) is 4.90 Å². The summed E-state index contributed by atoms with van der Waals surface area (Å²) in [6.45, 7) is 9.38. The van der Waals surface area contributed by atoms with E-state index in [1.54, 1.807) is 0 Å². The Labute approximate surface area is 157 Å². The van der Waals surface area contributed by atoms with E-state index in [1.807, 2.05) is 13.0 Å². The average Bonchev–Trinajstić information content (AvgIpc) is 2.62. The van der Waals surface area contributed by atoms with Gasteiger partial charge in [-0.2, -0.15) is 0 Å². The van der Waals surface area contributed by atoms with Gasteiger partial charge in [-0.05, 0) is 77.0 Å². The predicted molar refractivity (Wildman–Crippen MR) is 106 cm³/mol. The molecule has 1 aromatic rings. The maximum Gasteiger partial charge on any atom is 0.148 e. The summed E-state index contributed by atoms with van der Waals surface area (Å²) in [4.78, 5) is 2.66. The van der Waals surface area contributed by atoms with Crippen molar-refractivity contribution in [3.63, 3.8) is 0 Å². The van der Waals surface area contributed by atoms with Crippen molar-refractivity contribution in [2.24, 2.45) is 0 Å². The quantitative estimate of drug-likeness (QED) is 0.765. The van der Waals surface area contributed by atoms with Crippen LogP contribution < -0.4 is 11.1 Å². The Morgan fingerprint density at radius 1 is 1.23 bits per heavy atom. The Morgan fingerprint density at radius 2 is 1.88 bits per heavy atom. The molecule has 26 heavy (non-hydrogen) atoms. The highest BCUT2D eigenvalue weighted by atomic mass is 19.1. The zero-order valence-electron chi connectivity index (χ0n) is 16.5. The first-order chi connectivity index (χ1) is 12.4. The highest BCUT2D eigenvalue weighted by molar-refractivity contribution is 5.68. The third-order valence-electron chi connectivity index (χ3n) is 6.30. The standard InChI is InChI=1S/C21H34FN3O/c1-4-26-17-5-9-21(3,10-6-17)25-11-7-16(8-12-25)24-19-14-15(2)13-18(22)20(19)23/h13-14,16-17,24H,4-12,23H2,1-3H3. The van der Waals surface area contributed by atoms with Crippen LogP contribution in [0.2, 0.25) is 0 Å². The van der Waals surface area contributed by atoms with Gasteiger partial charge in [-0.25, -0.2) is 4.39 Å². The molecular weight excluding hydrogens is 329 g/mol. The molecule has 146 valence electrons. The summed E-state index contributed by atoms with van der Waals surface area (Å²) in [5, 5.41) is 3.48. The molecule has 2 aliphatic rings. The molecule has 3 rings (SSSR count). The highest BCUT2D eigenvalue weighted by Crippen LogP contribution is 2.36. The number of aryl methyl sites for hydroxylation is 1. The summed E-state index contributed by atoms with van der Waals surface area (Å²) in [7, 11) is 0. The topological polar surface area (TPSA) is 50.5 Å². The molecule has 0 bridgehead atoms. The van der Waals surface area contributed by atoms with E-state index in [-0.39, 0.29) is 11.5 Å². The fourth-order valence-corrected chi connectivity index (χ4v) is 4.59. The molecular formula is C21H34FN3O. The molecule has 0 atom stereocenters. The van der Waals surface area contributed by atoms with Gasteiger partial charge in [0, 0.05) is 31.3 Å². The number of nitrogens with one attached hydrogen (secondary N) is 1. The number of nitrogens with two attached hydrogens (primary N) is 1. The lowest BCUT2D eigenvalue weighted by molar-refractivity contribution is -0.0242. The number of anilines is 2. The first kappa shape index (κ1) is 19.4. The molecule has 3 N–H and O–H groups in total. The minimum atomic E-state index is -0.330. The van der Waals surface area contributed by atoms with E-state index >= 15 is 0 Å². The number of rotatable bonds is 5. The van der Waals surface area contributed by atoms with Crippen molar-refractivity contribution in [3.05, 3.63) is 23.5 Å². The lowest BCUT2D eigenvalue weighted by Gasteiger charge is -2.48. The molecule has 0 spiro atoms. The van der Waals surface area contributed by atoms with Crippen LogP contribution in [0.4, 0.5) is 15.8 Å². The highest BCUT2D eigenvalue weighted by Gasteiger charge is 2.38. The molecule has 0 amide bonds. The average molecular weight is 364 g/mol. The molecule has 1 aliphatic heterocycles. The molecule has 4 nitrogen and oxygen atoms in total. The SMILES string of the molecule is CCOC1CCC(C)(N2CCC(Nc3cc(C)cc(F)c3N)CC2)CC1. The number of nitrogen functional groups attached to an aromatic ring is 1. The molecule has 1 saturated heterocycles. The molecule has 5 heteroatoms. The van der Waals surface area contributed by atoms with Crippen LogP contribution >= 0.6 is 0 Å². The monoisotopic (exact) mass is 363 g/mol.